The SMILES string of the molecule is CCCCc1ccc(F)cc1OCCN[C@H](C(=O)N(C)[C@H](C)C(=O)N[C@H](Cc1ccc(Cl)cc1)C(C)=O)C1CC1. The summed E-state index contributed by atoms with van der Waals surface area (Å²) in [5, 5.41) is 6.69. The number of hydrogen-bond donors (Lipinski definition) is 2. The van der Waals surface area contributed by atoms with Gasteiger partial charge in [0, 0.05) is 24.7 Å². The van der Waals surface area contributed by atoms with Crippen LogP contribution in [0.2, 0.25) is 5.02 Å². The maximum atomic E-state index is 13.8. The van der Waals surface area contributed by atoms with Crippen molar-refractivity contribution in [1.29, 1.82) is 0 Å². The Kier molecular flexibility index (Phi) is 11.9. The van der Waals surface area contributed by atoms with Gasteiger partial charge in [-0.15, -0.1) is 0 Å². The van der Waals surface area contributed by atoms with Gasteiger partial charge in [-0.05, 0) is 81.2 Å². The van der Waals surface area contributed by atoms with Gasteiger partial charge in [0.1, 0.15) is 24.2 Å². The van der Waals surface area contributed by atoms with E-state index in [2.05, 4.69) is 17.6 Å². The minimum Gasteiger partial charge on any atom is -0.492 e. The van der Waals surface area contributed by atoms with Crippen molar-refractivity contribution in [3.8, 4) is 5.75 Å². The lowest BCUT2D eigenvalue weighted by Gasteiger charge is -2.30. The fraction of sp³-hybridized carbons (Fsp3) is 0.516. The third-order valence-electron chi connectivity index (χ3n) is 7.38. The molecule has 1 saturated carbocycles. The zero-order valence-corrected chi connectivity index (χ0v) is 24.6. The van der Waals surface area contributed by atoms with Crippen molar-refractivity contribution in [1.82, 2.24) is 15.5 Å². The maximum absolute atomic E-state index is 13.8. The van der Waals surface area contributed by atoms with E-state index < -0.39 is 24.0 Å². The number of unbranched alkanes of at least 4 members (excludes halogenated alkanes) is 1. The zero-order chi connectivity index (χ0) is 29.2. The number of carbonyl (C=O) groups excluding carboxylic acids is 3. The molecule has 0 radical (unpaired) electrons. The number of halogens is 2. The molecule has 0 bridgehead atoms. The molecule has 1 aliphatic rings. The molecular formula is C31H41ClFN3O4. The molecule has 2 N–H and O–H groups in total. The van der Waals surface area contributed by atoms with Gasteiger partial charge in [-0.2, -0.15) is 0 Å². The molecule has 2 aromatic carbocycles. The molecule has 1 fully saturated rings. The van der Waals surface area contributed by atoms with E-state index in [1.54, 1.807) is 32.2 Å². The summed E-state index contributed by atoms with van der Waals surface area (Å²) < 4.78 is 19.7. The molecule has 2 aromatic rings. The van der Waals surface area contributed by atoms with Crippen LogP contribution in [0.5, 0.6) is 5.75 Å². The number of carbonyl (C=O) groups is 3. The lowest BCUT2D eigenvalue weighted by Crippen LogP contribution is -2.55. The molecule has 9 heteroatoms. The third kappa shape index (κ3) is 9.30. The fourth-order valence-electron chi connectivity index (χ4n) is 4.53. The smallest absolute Gasteiger partial charge is 0.243 e. The first-order valence-electron chi connectivity index (χ1n) is 14.1. The second-order valence-electron chi connectivity index (χ2n) is 10.6. The molecule has 0 saturated heterocycles. The van der Waals surface area contributed by atoms with Crippen LogP contribution in [0.4, 0.5) is 4.39 Å². The number of ketones is 1. The first-order chi connectivity index (χ1) is 19.1. The third-order valence-corrected chi connectivity index (χ3v) is 7.63. The molecule has 0 spiro atoms. The maximum Gasteiger partial charge on any atom is 0.243 e. The van der Waals surface area contributed by atoms with Crippen molar-refractivity contribution in [3.63, 3.8) is 0 Å². The van der Waals surface area contributed by atoms with Gasteiger partial charge in [-0.25, -0.2) is 4.39 Å². The quantitative estimate of drug-likeness (QED) is 0.283. The molecule has 2 amide bonds. The molecule has 218 valence electrons. The summed E-state index contributed by atoms with van der Waals surface area (Å²) >= 11 is 5.95. The van der Waals surface area contributed by atoms with Crippen molar-refractivity contribution in [3.05, 3.63) is 64.4 Å². The number of hydrogen-bond acceptors (Lipinski definition) is 5. The number of nitrogens with one attached hydrogen (secondary N) is 2. The topological polar surface area (TPSA) is 87.7 Å². The fourth-order valence-corrected chi connectivity index (χ4v) is 4.65. The summed E-state index contributed by atoms with van der Waals surface area (Å²) in [4.78, 5) is 40.2. The lowest BCUT2D eigenvalue weighted by atomic mass is 10.0. The van der Waals surface area contributed by atoms with E-state index >= 15 is 0 Å². The van der Waals surface area contributed by atoms with E-state index in [-0.39, 0.29) is 30.0 Å². The summed E-state index contributed by atoms with van der Waals surface area (Å²) in [5.74, 6) is -0.369. The molecule has 7 nitrogen and oxygen atoms in total. The van der Waals surface area contributed by atoms with Crippen LogP contribution in [0.1, 0.15) is 57.6 Å². The van der Waals surface area contributed by atoms with E-state index in [0.29, 0.717) is 23.7 Å². The van der Waals surface area contributed by atoms with Crippen LogP contribution in [0.3, 0.4) is 0 Å². The first-order valence-corrected chi connectivity index (χ1v) is 14.4. The predicted molar refractivity (Wildman–Crippen MR) is 155 cm³/mol. The van der Waals surface area contributed by atoms with Gasteiger partial charge in [0.25, 0.3) is 0 Å². The number of aryl methyl sites for hydroxylation is 1. The van der Waals surface area contributed by atoms with Crippen molar-refractivity contribution in [2.75, 3.05) is 20.2 Å². The van der Waals surface area contributed by atoms with Crippen LogP contribution in [-0.2, 0) is 27.2 Å². The Balaban J connectivity index is 1.54. The van der Waals surface area contributed by atoms with Gasteiger partial charge in [-0.1, -0.05) is 43.1 Å². The van der Waals surface area contributed by atoms with Crippen LogP contribution in [0.15, 0.2) is 42.5 Å². The average Bonchev–Trinajstić information content (AvgIpc) is 3.77. The summed E-state index contributed by atoms with van der Waals surface area (Å²) in [6.45, 7) is 5.88. The van der Waals surface area contributed by atoms with Gasteiger partial charge in [0.05, 0.1) is 12.1 Å². The second-order valence-corrected chi connectivity index (χ2v) is 11.0. The molecular weight excluding hydrogens is 533 g/mol. The van der Waals surface area contributed by atoms with Crippen molar-refractivity contribution >= 4 is 29.2 Å². The largest absolute Gasteiger partial charge is 0.492 e. The Morgan fingerprint density at radius 2 is 1.85 bits per heavy atom. The van der Waals surface area contributed by atoms with Crippen LogP contribution in [0, 0.1) is 11.7 Å². The Hall–Kier alpha value is -2.97. The number of likely N-dealkylation sites (N-methyl/N-ethyl adjacent to an activating group) is 1. The van der Waals surface area contributed by atoms with Crippen LogP contribution in [-0.4, -0.2) is 60.8 Å². The molecule has 0 unspecified atom stereocenters. The average molecular weight is 574 g/mol. The number of amides is 2. The first kappa shape index (κ1) is 31.6. The van der Waals surface area contributed by atoms with Gasteiger partial charge in [0.15, 0.2) is 5.78 Å². The molecule has 3 atom stereocenters. The highest BCUT2D eigenvalue weighted by molar-refractivity contribution is 6.30. The van der Waals surface area contributed by atoms with Crippen LogP contribution >= 0.6 is 11.6 Å². The molecule has 1 aliphatic carbocycles. The van der Waals surface area contributed by atoms with E-state index in [9.17, 15) is 18.8 Å². The standard InChI is InChI=1S/C31H41ClFN3O4/c1-5-6-7-23-12-15-26(33)19-28(23)40-17-16-34-29(24-10-11-24)31(39)36(4)20(2)30(38)35-27(21(3)37)18-22-8-13-25(32)14-9-22/h8-9,12-15,19-20,24,27,29,34H,5-7,10-11,16-18H2,1-4H3,(H,35,38)/t20-,27-,29+/m1/s1. The molecule has 3 rings (SSSR count). The van der Waals surface area contributed by atoms with Crippen molar-refractivity contribution in [2.24, 2.45) is 5.92 Å². The van der Waals surface area contributed by atoms with Gasteiger partial charge >= 0.3 is 0 Å². The second kappa shape index (κ2) is 15.1. The molecule has 40 heavy (non-hydrogen) atoms. The van der Waals surface area contributed by atoms with E-state index in [4.69, 9.17) is 16.3 Å². The van der Waals surface area contributed by atoms with Crippen molar-refractivity contribution in [2.45, 2.75) is 77.4 Å². The van der Waals surface area contributed by atoms with Gasteiger partial charge < -0.3 is 20.3 Å². The predicted octanol–water partition coefficient (Wildman–Crippen LogP) is 4.73. The summed E-state index contributed by atoms with van der Waals surface area (Å²) in [6, 6.07) is 9.80. The highest BCUT2D eigenvalue weighted by atomic mass is 35.5. The van der Waals surface area contributed by atoms with E-state index in [1.165, 1.54) is 24.0 Å². The zero-order valence-electron chi connectivity index (χ0n) is 23.8. The van der Waals surface area contributed by atoms with Gasteiger partial charge in [0.2, 0.25) is 11.8 Å². The van der Waals surface area contributed by atoms with E-state index in [0.717, 1.165) is 43.2 Å². The van der Waals surface area contributed by atoms with Crippen LogP contribution < -0.4 is 15.4 Å². The minimum atomic E-state index is -0.771. The summed E-state index contributed by atoms with van der Waals surface area (Å²) in [6.07, 6.45) is 5.03. The number of Topliss-reactive ketones (excluding diaryl/α,β-unsaturated/α-hetero) is 1. The van der Waals surface area contributed by atoms with Crippen molar-refractivity contribution < 1.29 is 23.5 Å². The number of benzene rings is 2. The Labute approximate surface area is 241 Å². The highest BCUT2D eigenvalue weighted by Crippen LogP contribution is 2.33. The summed E-state index contributed by atoms with van der Waals surface area (Å²) in [7, 11) is 1.61. The highest BCUT2D eigenvalue weighted by Gasteiger charge is 2.39. The van der Waals surface area contributed by atoms with E-state index in [1.807, 2.05) is 12.1 Å². The molecule has 0 aliphatic heterocycles. The lowest BCUT2D eigenvalue weighted by molar-refractivity contribution is -0.141. The molecule has 0 aromatic heterocycles. The minimum absolute atomic E-state index is 0.168. The number of nitrogens with zero attached hydrogens (tertiary/aromatic N) is 1. The summed E-state index contributed by atoms with van der Waals surface area (Å²) in [5.41, 5.74) is 1.84. The number of ether oxygens (including phenoxy) is 1. The molecule has 0 heterocycles. The monoisotopic (exact) mass is 573 g/mol. The Morgan fingerprint density at radius 1 is 1.15 bits per heavy atom. The Morgan fingerprint density at radius 3 is 2.48 bits per heavy atom. The normalized spacial score (nSPS) is 15.2. The number of rotatable bonds is 16. The van der Waals surface area contributed by atoms with Gasteiger partial charge in [-0.3, -0.25) is 14.4 Å². The Bertz CT molecular complexity index is 1160. The van der Waals surface area contributed by atoms with Crippen LogP contribution in [0.25, 0.3) is 0 Å².